The summed E-state index contributed by atoms with van der Waals surface area (Å²) in [4.78, 5) is 15.3. The van der Waals surface area contributed by atoms with Crippen LogP contribution in [0.1, 0.15) is 19.8 Å². The molecule has 0 radical (unpaired) electrons. The predicted molar refractivity (Wildman–Crippen MR) is 72.9 cm³/mol. The molecule has 0 saturated carbocycles. The van der Waals surface area contributed by atoms with Gasteiger partial charge in [0.2, 0.25) is 0 Å². The second-order valence-corrected chi connectivity index (χ2v) is 5.04. The first-order valence-electron chi connectivity index (χ1n) is 6.56. The summed E-state index contributed by atoms with van der Waals surface area (Å²) in [6, 6.07) is 0. The molecule has 0 amide bonds. The maximum atomic E-state index is 10.9. The lowest BCUT2D eigenvalue weighted by atomic mass is 10.1. The third-order valence-corrected chi connectivity index (χ3v) is 2.86. The first kappa shape index (κ1) is 17.4. The van der Waals surface area contributed by atoms with Crippen LogP contribution in [0.15, 0.2) is 0 Å². The molecule has 0 spiro atoms. The zero-order valence-corrected chi connectivity index (χ0v) is 12.2. The summed E-state index contributed by atoms with van der Waals surface area (Å²) in [5, 5.41) is 8.96. The van der Waals surface area contributed by atoms with Gasteiger partial charge in [0.25, 0.3) is 0 Å². The van der Waals surface area contributed by atoms with Crippen molar-refractivity contribution in [3.05, 3.63) is 0 Å². The van der Waals surface area contributed by atoms with Gasteiger partial charge in [0.1, 0.15) is 0 Å². The van der Waals surface area contributed by atoms with Crippen LogP contribution in [0.25, 0.3) is 0 Å². The standard InChI is InChI=1S/C13H28N2O3/c1-12(13(16)17)11-15(9-6-10-18-4)8-5-7-14(2)3/h12H,5-11H2,1-4H3,(H,16,17). The molecule has 0 saturated heterocycles. The number of carboxylic acid groups (broad SMARTS) is 1. The van der Waals surface area contributed by atoms with E-state index < -0.39 is 5.97 Å². The fraction of sp³-hybridized carbons (Fsp3) is 0.923. The first-order chi connectivity index (χ1) is 8.47. The summed E-state index contributed by atoms with van der Waals surface area (Å²) in [6.07, 6.45) is 2.01. The Morgan fingerprint density at radius 2 is 1.83 bits per heavy atom. The summed E-state index contributed by atoms with van der Waals surface area (Å²) in [5.74, 6) is -1.04. The average Bonchev–Trinajstić information content (AvgIpc) is 2.28. The van der Waals surface area contributed by atoms with Crippen LogP contribution in [-0.4, -0.2) is 74.9 Å². The van der Waals surface area contributed by atoms with Crippen LogP contribution in [0.4, 0.5) is 0 Å². The minimum Gasteiger partial charge on any atom is -0.481 e. The van der Waals surface area contributed by atoms with Gasteiger partial charge in [-0.25, -0.2) is 0 Å². The van der Waals surface area contributed by atoms with Crippen LogP contribution in [0.5, 0.6) is 0 Å². The second-order valence-electron chi connectivity index (χ2n) is 5.04. The van der Waals surface area contributed by atoms with E-state index in [9.17, 15) is 4.79 Å². The Kier molecular flexibility index (Phi) is 9.92. The molecular weight excluding hydrogens is 232 g/mol. The normalized spacial score (nSPS) is 13.2. The van der Waals surface area contributed by atoms with Gasteiger partial charge in [-0.05, 0) is 40.0 Å². The summed E-state index contributed by atoms with van der Waals surface area (Å²) in [6.45, 7) is 5.98. The number of ether oxygens (including phenoxy) is 1. The van der Waals surface area contributed by atoms with Crippen LogP contribution < -0.4 is 0 Å². The molecule has 108 valence electrons. The molecule has 0 heterocycles. The van der Waals surface area contributed by atoms with E-state index in [0.29, 0.717) is 6.54 Å². The number of rotatable bonds is 11. The molecule has 0 rings (SSSR count). The highest BCUT2D eigenvalue weighted by atomic mass is 16.5. The highest BCUT2D eigenvalue weighted by Gasteiger charge is 2.15. The van der Waals surface area contributed by atoms with Gasteiger partial charge in [-0.15, -0.1) is 0 Å². The van der Waals surface area contributed by atoms with Crippen molar-refractivity contribution in [3.63, 3.8) is 0 Å². The maximum absolute atomic E-state index is 10.9. The number of nitrogens with zero attached hydrogens (tertiary/aromatic N) is 2. The molecule has 0 aliphatic heterocycles. The molecule has 5 nitrogen and oxygen atoms in total. The van der Waals surface area contributed by atoms with Gasteiger partial charge in [-0.3, -0.25) is 4.79 Å². The number of aliphatic carboxylic acids is 1. The maximum Gasteiger partial charge on any atom is 0.307 e. The van der Waals surface area contributed by atoms with Crippen molar-refractivity contribution in [2.45, 2.75) is 19.8 Å². The van der Waals surface area contributed by atoms with Gasteiger partial charge < -0.3 is 19.6 Å². The molecule has 0 aromatic carbocycles. The largest absolute Gasteiger partial charge is 0.481 e. The van der Waals surface area contributed by atoms with Crippen molar-refractivity contribution in [1.82, 2.24) is 9.80 Å². The van der Waals surface area contributed by atoms with Crippen LogP contribution in [0.3, 0.4) is 0 Å². The molecule has 0 aliphatic carbocycles. The van der Waals surface area contributed by atoms with Crippen molar-refractivity contribution in [2.75, 3.05) is 54.0 Å². The Hall–Kier alpha value is -0.650. The van der Waals surface area contributed by atoms with Crippen LogP contribution in [-0.2, 0) is 9.53 Å². The van der Waals surface area contributed by atoms with E-state index in [0.717, 1.165) is 39.1 Å². The SMILES string of the molecule is COCCCN(CCCN(C)C)CC(C)C(=O)O. The van der Waals surface area contributed by atoms with E-state index in [-0.39, 0.29) is 5.92 Å². The summed E-state index contributed by atoms with van der Waals surface area (Å²) < 4.78 is 5.04. The Morgan fingerprint density at radius 3 is 2.33 bits per heavy atom. The fourth-order valence-corrected chi connectivity index (χ4v) is 1.80. The molecule has 1 atom stereocenters. The first-order valence-corrected chi connectivity index (χ1v) is 6.56. The number of carbonyl (C=O) groups is 1. The molecule has 0 aliphatic rings. The number of methoxy groups -OCH3 is 1. The van der Waals surface area contributed by atoms with Gasteiger partial charge in [0.05, 0.1) is 5.92 Å². The van der Waals surface area contributed by atoms with Gasteiger partial charge >= 0.3 is 5.97 Å². The van der Waals surface area contributed by atoms with E-state index >= 15 is 0 Å². The van der Waals surface area contributed by atoms with Gasteiger partial charge in [-0.1, -0.05) is 6.92 Å². The zero-order chi connectivity index (χ0) is 14.0. The minimum atomic E-state index is -0.723. The Morgan fingerprint density at radius 1 is 1.22 bits per heavy atom. The summed E-state index contributed by atoms with van der Waals surface area (Å²) >= 11 is 0. The second kappa shape index (κ2) is 10.3. The van der Waals surface area contributed by atoms with Gasteiger partial charge in [0.15, 0.2) is 0 Å². The van der Waals surface area contributed by atoms with Crippen LogP contribution >= 0.6 is 0 Å². The monoisotopic (exact) mass is 260 g/mol. The fourth-order valence-electron chi connectivity index (χ4n) is 1.80. The molecule has 18 heavy (non-hydrogen) atoms. The number of hydrogen-bond acceptors (Lipinski definition) is 4. The van der Waals surface area contributed by atoms with E-state index in [4.69, 9.17) is 9.84 Å². The van der Waals surface area contributed by atoms with Crippen molar-refractivity contribution in [3.8, 4) is 0 Å². The Labute approximate surface area is 111 Å². The molecule has 5 heteroatoms. The molecule has 0 fully saturated rings. The molecule has 0 aromatic heterocycles. The average molecular weight is 260 g/mol. The third-order valence-electron chi connectivity index (χ3n) is 2.86. The molecule has 0 aromatic rings. The van der Waals surface area contributed by atoms with Crippen molar-refractivity contribution in [2.24, 2.45) is 5.92 Å². The molecule has 0 bridgehead atoms. The lowest BCUT2D eigenvalue weighted by molar-refractivity contribution is -0.141. The van der Waals surface area contributed by atoms with Gasteiger partial charge in [-0.2, -0.15) is 0 Å². The van der Waals surface area contributed by atoms with Crippen molar-refractivity contribution < 1.29 is 14.6 Å². The highest BCUT2D eigenvalue weighted by Crippen LogP contribution is 2.03. The molecular formula is C13H28N2O3. The van der Waals surface area contributed by atoms with Crippen molar-refractivity contribution in [1.29, 1.82) is 0 Å². The van der Waals surface area contributed by atoms with Crippen molar-refractivity contribution >= 4 is 5.97 Å². The summed E-state index contributed by atoms with van der Waals surface area (Å²) in [7, 11) is 5.79. The smallest absolute Gasteiger partial charge is 0.307 e. The predicted octanol–water partition coefficient (Wildman–Crippen LogP) is 0.997. The van der Waals surface area contributed by atoms with Crippen LogP contribution in [0, 0.1) is 5.92 Å². The summed E-state index contributed by atoms with van der Waals surface area (Å²) in [5.41, 5.74) is 0. The number of hydrogen-bond donors (Lipinski definition) is 1. The van der Waals surface area contributed by atoms with E-state index in [1.165, 1.54) is 0 Å². The lowest BCUT2D eigenvalue weighted by Crippen LogP contribution is -2.35. The minimum absolute atomic E-state index is 0.313. The quantitative estimate of drug-likeness (QED) is 0.562. The van der Waals surface area contributed by atoms with E-state index in [1.807, 2.05) is 0 Å². The van der Waals surface area contributed by atoms with Gasteiger partial charge in [0, 0.05) is 26.8 Å². The topological polar surface area (TPSA) is 53.0 Å². The highest BCUT2D eigenvalue weighted by molar-refractivity contribution is 5.69. The van der Waals surface area contributed by atoms with Crippen LogP contribution in [0.2, 0.25) is 0 Å². The Bertz CT molecular complexity index is 222. The third kappa shape index (κ3) is 9.39. The lowest BCUT2D eigenvalue weighted by Gasteiger charge is -2.24. The Balaban J connectivity index is 4.02. The van der Waals surface area contributed by atoms with E-state index in [2.05, 4.69) is 23.9 Å². The molecule has 1 unspecified atom stereocenters. The zero-order valence-electron chi connectivity index (χ0n) is 12.2. The van der Waals surface area contributed by atoms with E-state index in [1.54, 1.807) is 14.0 Å². The number of carboxylic acids is 1. The molecule has 1 N–H and O–H groups in total.